The first-order chi connectivity index (χ1) is 24.1. The molecule has 2 aliphatic heterocycles. The molecule has 3 heterocycles. The van der Waals surface area contributed by atoms with Crippen LogP contribution < -0.4 is 5.32 Å². The number of benzene rings is 3. The van der Waals surface area contributed by atoms with E-state index in [1.54, 1.807) is 11.3 Å². The molecule has 0 spiro atoms. The summed E-state index contributed by atoms with van der Waals surface area (Å²) < 4.78 is 5.84. The average Bonchev–Trinajstić information content (AvgIpc) is 3.68. The van der Waals surface area contributed by atoms with Gasteiger partial charge in [-0.25, -0.2) is 0 Å². The summed E-state index contributed by atoms with van der Waals surface area (Å²) in [6.45, 7) is 5.63. The molecular weight excluding hydrogens is 627 g/mol. The van der Waals surface area contributed by atoms with E-state index in [0.717, 1.165) is 72.0 Å². The molecule has 2 amide bonds. The van der Waals surface area contributed by atoms with E-state index in [4.69, 9.17) is 4.74 Å². The minimum Gasteiger partial charge on any atom is -0.367 e. The SMILES string of the molecule is O=C(COCc1ccccc1)N(CCc1cccs1)Cc1cccc(-c2cccc(C(=O)N3CCC(CCCC4CCNCC4)CC3)c2)c1. The fraction of sp³-hybridized carbons (Fsp3) is 0.429. The van der Waals surface area contributed by atoms with E-state index in [1.807, 2.05) is 59.5 Å². The first-order valence-electron chi connectivity index (χ1n) is 18.2. The van der Waals surface area contributed by atoms with Gasteiger partial charge in [0.05, 0.1) is 6.61 Å². The van der Waals surface area contributed by atoms with Gasteiger partial charge in [-0.1, -0.05) is 86.0 Å². The Morgan fingerprint density at radius 3 is 2.27 bits per heavy atom. The third-order valence-corrected chi connectivity index (χ3v) is 11.2. The molecule has 0 saturated carbocycles. The lowest BCUT2D eigenvalue weighted by molar-refractivity contribution is -0.137. The molecule has 3 aromatic carbocycles. The first kappa shape index (κ1) is 35.1. The van der Waals surface area contributed by atoms with Gasteiger partial charge in [0.25, 0.3) is 5.91 Å². The van der Waals surface area contributed by atoms with Crippen LogP contribution >= 0.6 is 11.3 Å². The van der Waals surface area contributed by atoms with Crippen molar-refractivity contribution in [1.29, 1.82) is 0 Å². The molecule has 4 aromatic rings. The van der Waals surface area contributed by atoms with Crippen LogP contribution in [0.25, 0.3) is 11.1 Å². The molecule has 0 atom stereocenters. The number of hydrogen-bond acceptors (Lipinski definition) is 5. The monoisotopic (exact) mass is 677 g/mol. The number of nitrogens with one attached hydrogen (secondary N) is 1. The quantitative estimate of drug-likeness (QED) is 0.138. The molecule has 258 valence electrons. The molecule has 1 N–H and O–H groups in total. The van der Waals surface area contributed by atoms with Gasteiger partial charge in [0.2, 0.25) is 5.91 Å². The van der Waals surface area contributed by atoms with Gasteiger partial charge in [0, 0.05) is 36.6 Å². The van der Waals surface area contributed by atoms with Gasteiger partial charge in [0.15, 0.2) is 0 Å². The van der Waals surface area contributed by atoms with Gasteiger partial charge < -0.3 is 19.9 Å². The van der Waals surface area contributed by atoms with Crippen LogP contribution in [-0.2, 0) is 29.1 Å². The average molecular weight is 678 g/mol. The van der Waals surface area contributed by atoms with Crippen LogP contribution in [0.2, 0.25) is 0 Å². The lowest BCUT2D eigenvalue weighted by atomic mass is 9.87. The minimum atomic E-state index is -0.0176. The van der Waals surface area contributed by atoms with Crippen LogP contribution in [-0.4, -0.2) is 60.9 Å². The van der Waals surface area contributed by atoms with E-state index < -0.39 is 0 Å². The van der Waals surface area contributed by atoms with Crippen LogP contribution in [0.15, 0.2) is 96.4 Å². The van der Waals surface area contributed by atoms with E-state index in [2.05, 4.69) is 52.0 Å². The van der Waals surface area contributed by atoms with Gasteiger partial charge in [-0.3, -0.25) is 9.59 Å². The molecule has 2 aliphatic rings. The normalized spacial score (nSPS) is 15.7. The van der Waals surface area contributed by atoms with Crippen LogP contribution in [0, 0.1) is 11.8 Å². The van der Waals surface area contributed by atoms with Crippen LogP contribution in [0.1, 0.15) is 71.3 Å². The van der Waals surface area contributed by atoms with Crippen molar-refractivity contribution < 1.29 is 14.3 Å². The summed E-state index contributed by atoms with van der Waals surface area (Å²) in [5, 5.41) is 5.55. The zero-order valence-corrected chi connectivity index (χ0v) is 29.5. The van der Waals surface area contributed by atoms with Crippen molar-refractivity contribution in [3.63, 3.8) is 0 Å². The molecule has 2 saturated heterocycles. The molecular formula is C42H51N3O3S. The molecule has 2 fully saturated rings. The number of rotatable bonds is 15. The summed E-state index contributed by atoms with van der Waals surface area (Å²) in [6.07, 6.45) is 9.67. The number of piperidine rings is 2. The maximum atomic E-state index is 13.6. The van der Waals surface area contributed by atoms with Gasteiger partial charge >= 0.3 is 0 Å². The van der Waals surface area contributed by atoms with E-state index in [1.165, 1.54) is 50.1 Å². The molecule has 0 bridgehead atoms. The fourth-order valence-corrected chi connectivity index (χ4v) is 7.99. The van der Waals surface area contributed by atoms with Crippen molar-refractivity contribution >= 4 is 23.2 Å². The predicted molar refractivity (Wildman–Crippen MR) is 199 cm³/mol. The Labute approximate surface area is 296 Å². The highest BCUT2D eigenvalue weighted by Gasteiger charge is 2.24. The molecule has 0 radical (unpaired) electrons. The standard InChI is InChI=1S/C42H51N3O3S/c46-41(32-48-31-35-8-2-1-3-9-35)45(26-21-40-16-7-27-49-40)30-36-12-5-13-37(28-36)38-14-6-15-39(29-38)42(47)44-24-19-34(20-25-44)11-4-10-33-17-22-43-23-18-33/h1-3,5-9,12-16,27-29,33-34,43H,4,10-11,17-26,30-32H2. The van der Waals surface area contributed by atoms with Crippen LogP contribution in [0.5, 0.6) is 0 Å². The van der Waals surface area contributed by atoms with Crippen LogP contribution in [0.4, 0.5) is 0 Å². The summed E-state index contributed by atoms with van der Waals surface area (Å²) in [5.74, 6) is 1.76. The number of amides is 2. The van der Waals surface area contributed by atoms with E-state index in [0.29, 0.717) is 19.7 Å². The van der Waals surface area contributed by atoms with Gasteiger partial charge in [0.1, 0.15) is 6.61 Å². The lowest BCUT2D eigenvalue weighted by Gasteiger charge is -2.32. The van der Waals surface area contributed by atoms with Gasteiger partial charge in [-0.2, -0.15) is 0 Å². The van der Waals surface area contributed by atoms with Crippen molar-refractivity contribution in [1.82, 2.24) is 15.1 Å². The maximum absolute atomic E-state index is 13.6. The van der Waals surface area contributed by atoms with Crippen molar-refractivity contribution in [2.45, 2.75) is 64.5 Å². The second kappa shape index (κ2) is 18.3. The maximum Gasteiger partial charge on any atom is 0.253 e. The molecule has 1 aromatic heterocycles. The van der Waals surface area contributed by atoms with E-state index in [9.17, 15) is 9.59 Å². The predicted octanol–water partition coefficient (Wildman–Crippen LogP) is 8.23. The summed E-state index contributed by atoms with van der Waals surface area (Å²) in [4.78, 5) is 32.2. The summed E-state index contributed by atoms with van der Waals surface area (Å²) in [7, 11) is 0. The molecule has 6 rings (SSSR count). The highest BCUT2D eigenvalue weighted by Crippen LogP contribution is 2.28. The summed E-state index contributed by atoms with van der Waals surface area (Å²) in [5.41, 5.74) is 4.92. The first-order valence-corrected chi connectivity index (χ1v) is 19.1. The topological polar surface area (TPSA) is 61.9 Å². The number of ether oxygens (including phenoxy) is 1. The molecule has 0 unspecified atom stereocenters. The third kappa shape index (κ3) is 10.6. The zero-order chi connectivity index (χ0) is 33.7. The Bertz CT molecular complexity index is 1590. The smallest absolute Gasteiger partial charge is 0.253 e. The van der Waals surface area contributed by atoms with Crippen LogP contribution in [0.3, 0.4) is 0 Å². The molecule has 6 nitrogen and oxygen atoms in total. The van der Waals surface area contributed by atoms with Gasteiger partial charge in [-0.15, -0.1) is 11.3 Å². The Kier molecular flexibility index (Phi) is 13.1. The molecule has 0 aliphatic carbocycles. The van der Waals surface area contributed by atoms with Crippen molar-refractivity contribution in [3.05, 3.63) is 118 Å². The number of nitrogens with zero attached hydrogens (tertiary/aromatic N) is 2. The second-order valence-corrected chi connectivity index (χ2v) is 14.8. The second-order valence-electron chi connectivity index (χ2n) is 13.8. The van der Waals surface area contributed by atoms with E-state index in [-0.39, 0.29) is 18.4 Å². The lowest BCUT2D eigenvalue weighted by Crippen LogP contribution is -2.38. The summed E-state index contributed by atoms with van der Waals surface area (Å²) >= 11 is 1.72. The highest BCUT2D eigenvalue weighted by molar-refractivity contribution is 7.09. The van der Waals surface area contributed by atoms with Crippen molar-refractivity contribution in [2.75, 3.05) is 39.3 Å². The van der Waals surface area contributed by atoms with Crippen molar-refractivity contribution in [3.8, 4) is 11.1 Å². The number of carbonyl (C=O) groups is 2. The Balaban J connectivity index is 1.04. The van der Waals surface area contributed by atoms with E-state index >= 15 is 0 Å². The number of carbonyl (C=O) groups excluding carboxylic acids is 2. The van der Waals surface area contributed by atoms with Crippen molar-refractivity contribution in [2.24, 2.45) is 11.8 Å². The third-order valence-electron chi connectivity index (χ3n) is 10.2. The molecule has 49 heavy (non-hydrogen) atoms. The number of thiophene rings is 1. The zero-order valence-electron chi connectivity index (χ0n) is 28.7. The Hall–Kier alpha value is -3.78. The fourth-order valence-electron chi connectivity index (χ4n) is 7.29. The number of likely N-dealkylation sites (tertiary alicyclic amines) is 1. The highest BCUT2D eigenvalue weighted by atomic mass is 32.1. The summed E-state index contributed by atoms with van der Waals surface area (Å²) in [6, 6.07) is 30.5. The molecule has 7 heteroatoms. The largest absolute Gasteiger partial charge is 0.367 e. The minimum absolute atomic E-state index is 0.0176. The number of hydrogen-bond donors (Lipinski definition) is 1. The van der Waals surface area contributed by atoms with Gasteiger partial charge in [-0.05, 0) is 109 Å². The Morgan fingerprint density at radius 1 is 0.796 bits per heavy atom. The Morgan fingerprint density at radius 2 is 1.51 bits per heavy atom.